The van der Waals surface area contributed by atoms with Crippen LogP contribution in [-0.2, 0) is 21.4 Å². The predicted molar refractivity (Wildman–Crippen MR) is 122 cm³/mol. The van der Waals surface area contributed by atoms with Crippen molar-refractivity contribution in [2.45, 2.75) is 11.4 Å². The first-order chi connectivity index (χ1) is 15.9. The Kier molecular flexibility index (Phi) is 6.22. The third-order valence-corrected chi connectivity index (χ3v) is 5.81. The number of hydrogen-bond donors (Lipinski definition) is 2. The van der Waals surface area contributed by atoms with E-state index in [0.717, 1.165) is 10.2 Å². The minimum absolute atomic E-state index is 0.0265. The lowest BCUT2D eigenvalue weighted by Crippen LogP contribution is -2.29. The van der Waals surface area contributed by atoms with E-state index >= 15 is 0 Å². The Morgan fingerprint density at radius 1 is 0.879 bits per heavy atom. The molecule has 0 unspecified atom stereocenters. The van der Waals surface area contributed by atoms with Gasteiger partial charge in [0.1, 0.15) is 6.54 Å². The van der Waals surface area contributed by atoms with Gasteiger partial charge in [-0.15, -0.1) is 0 Å². The maximum Gasteiger partial charge on any atom is 0.267 e. The second-order valence-electron chi connectivity index (χ2n) is 6.83. The van der Waals surface area contributed by atoms with Crippen molar-refractivity contribution in [3.63, 3.8) is 0 Å². The molecule has 2 aromatic heterocycles. The van der Waals surface area contributed by atoms with Gasteiger partial charge >= 0.3 is 0 Å². The fourth-order valence-electron chi connectivity index (χ4n) is 2.91. The van der Waals surface area contributed by atoms with E-state index in [1.807, 2.05) is 30.3 Å². The molecule has 1 amide bonds. The van der Waals surface area contributed by atoms with Gasteiger partial charge < -0.3 is 5.32 Å². The second-order valence-corrected chi connectivity index (χ2v) is 8.51. The van der Waals surface area contributed by atoms with E-state index in [1.54, 1.807) is 12.1 Å². The van der Waals surface area contributed by atoms with Crippen LogP contribution in [0.5, 0.6) is 0 Å². The molecule has 0 bridgehead atoms. The number of hydrogen-bond acceptors (Lipinski definition) is 7. The van der Waals surface area contributed by atoms with E-state index in [0.29, 0.717) is 11.4 Å². The summed E-state index contributed by atoms with van der Waals surface area (Å²) in [5.74, 6) is -0.535. The summed E-state index contributed by atoms with van der Waals surface area (Å²) in [7, 11) is -3.89. The number of carbonyl (C=O) groups is 1. The zero-order chi connectivity index (χ0) is 23.3. The van der Waals surface area contributed by atoms with Crippen molar-refractivity contribution in [2.75, 3.05) is 10.0 Å². The number of amides is 1. The maximum absolute atomic E-state index is 12.4. The molecular weight excluding hydrogens is 444 g/mol. The molecule has 2 heterocycles. The van der Waals surface area contributed by atoms with Gasteiger partial charge in [0.15, 0.2) is 0 Å². The van der Waals surface area contributed by atoms with Gasteiger partial charge in [-0.1, -0.05) is 30.3 Å². The van der Waals surface area contributed by atoms with Gasteiger partial charge in [0.05, 0.1) is 10.6 Å². The highest BCUT2D eigenvalue weighted by atomic mass is 32.2. The molecule has 4 rings (SSSR count). The Hall–Kier alpha value is -4.38. The van der Waals surface area contributed by atoms with Crippen LogP contribution in [-0.4, -0.2) is 34.1 Å². The zero-order valence-corrected chi connectivity index (χ0v) is 17.9. The number of sulfonamides is 1. The fraction of sp³-hybridized carbons (Fsp3) is 0.0455. The van der Waals surface area contributed by atoms with Gasteiger partial charge in [0.2, 0.25) is 11.9 Å². The number of nitrogens with zero attached hydrogens (tertiary/aromatic N) is 4. The monoisotopic (exact) mass is 462 g/mol. The normalized spacial score (nSPS) is 11.0. The van der Waals surface area contributed by atoms with E-state index in [9.17, 15) is 18.0 Å². The van der Waals surface area contributed by atoms with Crippen molar-refractivity contribution < 1.29 is 13.2 Å². The summed E-state index contributed by atoms with van der Waals surface area (Å²) in [6.07, 6.45) is 2.83. The number of nitrogens with one attached hydrogen (secondary N) is 2. The molecule has 4 aromatic rings. The average Bonchev–Trinajstić information content (AvgIpc) is 2.82. The number of rotatable bonds is 7. The van der Waals surface area contributed by atoms with Crippen LogP contribution < -0.4 is 15.6 Å². The molecule has 11 heteroatoms. The van der Waals surface area contributed by atoms with Crippen molar-refractivity contribution in [1.29, 1.82) is 0 Å². The smallest absolute Gasteiger partial charge is 0.267 e. The Morgan fingerprint density at radius 3 is 2.27 bits per heavy atom. The van der Waals surface area contributed by atoms with Gasteiger partial charge in [-0.2, -0.15) is 5.10 Å². The van der Waals surface area contributed by atoms with Gasteiger partial charge in [-0.25, -0.2) is 27.8 Å². The topological polar surface area (TPSA) is 136 Å². The molecule has 0 saturated heterocycles. The summed E-state index contributed by atoms with van der Waals surface area (Å²) in [5.41, 5.74) is 1.33. The van der Waals surface area contributed by atoms with E-state index in [-0.39, 0.29) is 17.4 Å². The molecule has 0 spiro atoms. The summed E-state index contributed by atoms with van der Waals surface area (Å²) < 4.78 is 28.2. The Bertz CT molecular complexity index is 1420. The van der Waals surface area contributed by atoms with Gasteiger partial charge in [-0.05, 0) is 36.4 Å². The Balaban J connectivity index is 1.44. The van der Waals surface area contributed by atoms with E-state index < -0.39 is 21.5 Å². The van der Waals surface area contributed by atoms with Crippen molar-refractivity contribution in [3.8, 4) is 11.3 Å². The van der Waals surface area contributed by atoms with Crippen LogP contribution in [0, 0.1) is 0 Å². The lowest BCUT2D eigenvalue weighted by atomic mass is 10.1. The summed E-state index contributed by atoms with van der Waals surface area (Å²) in [5, 5.41) is 6.88. The standard InChI is InChI=1S/C22H18N6O4S/c29-20(15-28-21(30)12-11-19(26-28)16-5-2-1-3-6-16)25-17-7-9-18(10-8-17)33(31,32)27-22-23-13-4-14-24-22/h1-14H,15H2,(H,25,29)(H,23,24,27). The first kappa shape index (κ1) is 21.8. The van der Waals surface area contributed by atoms with Crippen molar-refractivity contribution in [2.24, 2.45) is 0 Å². The molecule has 0 aliphatic carbocycles. The van der Waals surface area contributed by atoms with Crippen LogP contribution in [0.2, 0.25) is 0 Å². The highest BCUT2D eigenvalue weighted by Gasteiger charge is 2.16. The molecule has 10 nitrogen and oxygen atoms in total. The molecule has 0 aliphatic heterocycles. The molecule has 0 aliphatic rings. The molecule has 0 atom stereocenters. The second kappa shape index (κ2) is 9.40. The third kappa shape index (κ3) is 5.46. The third-order valence-electron chi connectivity index (χ3n) is 4.47. The van der Waals surface area contributed by atoms with Crippen LogP contribution in [0.1, 0.15) is 0 Å². The van der Waals surface area contributed by atoms with Gasteiger partial charge in [0.25, 0.3) is 15.6 Å². The Labute approximate surface area is 189 Å². The first-order valence-corrected chi connectivity index (χ1v) is 11.2. The fourth-order valence-corrected chi connectivity index (χ4v) is 3.87. The molecule has 0 fully saturated rings. The highest BCUT2D eigenvalue weighted by Crippen LogP contribution is 2.17. The van der Waals surface area contributed by atoms with E-state index in [1.165, 1.54) is 42.7 Å². The molecule has 0 radical (unpaired) electrons. The summed E-state index contributed by atoms with van der Waals surface area (Å²) in [4.78, 5) is 32.2. The summed E-state index contributed by atoms with van der Waals surface area (Å²) in [6.45, 7) is -0.299. The summed E-state index contributed by atoms with van der Waals surface area (Å²) >= 11 is 0. The zero-order valence-electron chi connectivity index (χ0n) is 17.1. The number of carbonyl (C=O) groups excluding carboxylic acids is 1. The number of anilines is 2. The van der Waals surface area contributed by atoms with Crippen LogP contribution in [0.3, 0.4) is 0 Å². The quantitative estimate of drug-likeness (QED) is 0.429. The van der Waals surface area contributed by atoms with Crippen molar-refractivity contribution >= 4 is 27.6 Å². The van der Waals surface area contributed by atoms with Crippen LogP contribution >= 0.6 is 0 Å². The molecular formula is C22H18N6O4S. The molecule has 33 heavy (non-hydrogen) atoms. The lowest BCUT2D eigenvalue weighted by molar-refractivity contribution is -0.117. The van der Waals surface area contributed by atoms with E-state index in [2.05, 4.69) is 25.1 Å². The minimum Gasteiger partial charge on any atom is -0.324 e. The lowest BCUT2D eigenvalue weighted by Gasteiger charge is -2.10. The van der Waals surface area contributed by atoms with Crippen LogP contribution in [0.15, 0.2) is 94.9 Å². The molecule has 0 saturated carbocycles. The average molecular weight is 462 g/mol. The van der Waals surface area contributed by atoms with Crippen molar-refractivity contribution in [1.82, 2.24) is 19.7 Å². The largest absolute Gasteiger partial charge is 0.324 e. The molecule has 2 aromatic carbocycles. The minimum atomic E-state index is -3.89. The first-order valence-electron chi connectivity index (χ1n) is 9.74. The molecule has 2 N–H and O–H groups in total. The van der Waals surface area contributed by atoms with E-state index in [4.69, 9.17) is 0 Å². The van der Waals surface area contributed by atoms with Crippen LogP contribution in [0.4, 0.5) is 11.6 Å². The Morgan fingerprint density at radius 2 is 1.58 bits per heavy atom. The van der Waals surface area contributed by atoms with Crippen LogP contribution in [0.25, 0.3) is 11.3 Å². The van der Waals surface area contributed by atoms with Gasteiger partial charge in [-0.3, -0.25) is 9.59 Å². The summed E-state index contributed by atoms with van der Waals surface area (Å²) in [6, 6.07) is 19.3. The maximum atomic E-state index is 12.4. The highest BCUT2D eigenvalue weighted by molar-refractivity contribution is 7.92. The number of benzene rings is 2. The number of aromatic nitrogens is 4. The SMILES string of the molecule is O=C(Cn1nc(-c2ccccc2)ccc1=O)Nc1ccc(S(=O)(=O)Nc2ncccn2)cc1. The van der Waals surface area contributed by atoms with Crippen molar-refractivity contribution in [3.05, 3.63) is 95.5 Å². The van der Waals surface area contributed by atoms with Gasteiger partial charge in [0, 0.05) is 29.7 Å². The molecule has 166 valence electrons. The predicted octanol–water partition coefficient (Wildman–Crippen LogP) is 2.14.